The van der Waals surface area contributed by atoms with Crippen LogP contribution in [0.5, 0.6) is 0 Å². The first-order valence-corrected chi connectivity index (χ1v) is 3.55. The fraction of sp³-hybridized carbons (Fsp3) is 0.714. The van der Waals surface area contributed by atoms with E-state index in [1.165, 1.54) is 0 Å². The Morgan fingerprint density at radius 3 is 1.21 bits per heavy atom. The van der Waals surface area contributed by atoms with Crippen LogP contribution in [0.3, 0.4) is 0 Å². The molecule has 0 aromatic heterocycles. The third-order valence-electron chi connectivity index (χ3n) is 0.129. The van der Waals surface area contributed by atoms with Gasteiger partial charge in [0.1, 0.15) is 0 Å². The van der Waals surface area contributed by atoms with Gasteiger partial charge in [0.05, 0.1) is 6.61 Å². The van der Waals surface area contributed by atoms with Crippen LogP contribution in [-0.4, -0.2) is 67.5 Å². The number of carbonyl (C=O) groups is 2. The number of rotatable bonds is 1. The lowest BCUT2D eigenvalue weighted by Gasteiger charge is -1.90. The molecule has 7 heteroatoms. The van der Waals surface area contributed by atoms with Crippen molar-refractivity contribution in [3.63, 3.8) is 0 Å². The van der Waals surface area contributed by atoms with Crippen molar-refractivity contribution in [3.05, 3.63) is 0 Å². The molecule has 0 heterocycles. The molecular weight excluding hydrogens is 192 g/mol. The van der Waals surface area contributed by atoms with Crippen LogP contribution < -0.4 is 5.73 Å². The number of hydrogen-bond acceptors (Lipinski definition) is 5. The van der Waals surface area contributed by atoms with Crippen molar-refractivity contribution in [1.82, 2.24) is 4.90 Å². The Labute approximate surface area is 83.8 Å². The lowest BCUT2D eigenvalue weighted by Crippen LogP contribution is -2.02. The van der Waals surface area contributed by atoms with E-state index in [1.54, 1.807) is 0 Å². The monoisotopic (exact) mass is 212 g/mol. The maximum absolute atomic E-state index is 8.36. The van der Waals surface area contributed by atoms with Crippen LogP contribution in [-0.2, 0) is 9.59 Å². The second kappa shape index (κ2) is 40.9. The van der Waals surface area contributed by atoms with Gasteiger partial charge in [-0.3, -0.25) is 9.59 Å². The minimum absolute atomic E-state index is 0.0972. The molecule has 0 saturated carbocycles. The third kappa shape index (κ3) is 32200. The van der Waals surface area contributed by atoms with Gasteiger partial charge in [0.15, 0.2) is 0 Å². The molecular formula is C7H20N2O5. The average Bonchev–Trinajstić information content (AvgIpc) is 2.06. The first-order chi connectivity index (χ1) is 6.47. The number of aliphatic hydroxyl groups excluding tert-OH is 1. The fourth-order valence-corrected chi connectivity index (χ4v) is 0. The first kappa shape index (κ1) is 23.0. The van der Waals surface area contributed by atoms with Gasteiger partial charge >= 0.3 is 0 Å². The first-order valence-electron chi connectivity index (χ1n) is 3.55. The van der Waals surface area contributed by atoms with Crippen molar-refractivity contribution in [1.29, 1.82) is 0 Å². The van der Waals surface area contributed by atoms with Gasteiger partial charge in [0, 0.05) is 6.54 Å². The van der Waals surface area contributed by atoms with E-state index in [4.69, 9.17) is 30.6 Å². The van der Waals surface area contributed by atoms with E-state index >= 15 is 0 Å². The SMILES string of the molecule is CN(C)C.NCCO.O=CO.O=CO. The second-order valence-corrected chi connectivity index (χ2v) is 2.06. The molecule has 0 aliphatic heterocycles. The van der Waals surface area contributed by atoms with Gasteiger partial charge < -0.3 is 26.0 Å². The quantitative estimate of drug-likeness (QED) is 0.390. The summed E-state index contributed by atoms with van der Waals surface area (Å²) in [5, 5.41) is 21.5. The van der Waals surface area contributed by atoms with Crippen molar-refractivity contribution in [2.24, 2.45) is 5.73 Å². The Hall–Kier alpha value is -1.18. The molecule has 0 aliphatic carbocycles. The van der Waals surface area contributed by atoms with Crippen molar-refractivity contribution in [2.75, 3.05) is 34.3 Å². The summed E-state index contributed by atoms with van der Waals surface area (Å²) in [6.45, 7) is -0.0278. The molecule has 0 aromatic rings. The summed E-state index contributed by atoms with van der Waals surface area (Å²) in [6, 6.07) is 0. The molecule has 0 radical (unpaired) electrons. The molecule has 0 rings (SSSR count). The summed E-state index contributed by atoms with van der Waals surface area (Å²) in [4.78, 5) is 18.7. The molecule has 0 unspecified atom stereocenters. The minimum Gasteiger partial charge on any atom is -0.483 e. The van der Waals surface area contributed by atoms with Crippen LogP contribution in [0, 0.1) is 0 Å². The van der Waals surface area contributed by atoms with E-state index in [2.05, 4.69) is 0 Å². The normalized spacial score (nSPS) is 6.43. The van der Waals surface area contributed by atoms with E-state index < -0.39 is 0 Å². The highest BCUT2D eigenvalue weighted by molar-refractivity contribution is 5.32. The molecule has 0 aliphatic rings. The van der Waals surface area contributed by atoms with Crippen LogP contribution in [0.4, 0.5) is 0 Å². The average molecular weight is 212 g/mol. The van der Waals surface area contributed by atoms with Crippen LogP contribution in [0.25, 0.3) is 0 Å². The van der Waals surface area contributed by atoms with Crippen molar-refractivity contribution >= 4 is 12.9 Å². The topological polar surface area (TPSA) is 124 Å². The molecule has 0 saturated heterocycles. The summed E-state index contributed by atoms with van der Waals surface area (Å²) in [5.74, 6) is 0. The zero-order chi connectivity index (χ0) is 12.4. The largest absolute Gasteiger partial charge is 0.483 e. The van der Waals surface area contributed by atoms with E-state index in [1.807, 2.05) is 26.0 Å². The van der Waals surface area contributed by atoms with Gasteiger partial charge in [-0.15, -0.1) is 0 Å². The van der Waals surface area contributed by atoms with E-state index in [9.17, 15) is 0 Å². The maximum Gasteiger partial charge on any atom is 0.290 e. The zero-order valence-corrected chi connectivity index (χ0v) is 8.75. The molecule has 0 spiro atoms. The Balaban J connectivity index is -0.0000000482. The molecule has 0 aromatic carbocycles. The Morgan fingerprint density at radius 1 is 1.14 bits per heavy atom. The minimum atomic E-state index is -0.250. The van der Waals surface area contributed by atoms with Crippen LogP contribution in [0.15, 0.2) is 0 Å². The van der Waals surface area contributed by atoms with Gasteiger partial charge in [-0.25, -0.2) is 0 Å². The lowest BCUT2D eigenvalue weighted by molar-refractivity contribution is -0.123. The molecule has 7 nitrogen and oxygen atoms in total. The van der Waals surface area contributed by atoms with Crippen LogP contribution in [0.2, 0.25) is 0 Å². The molecule has 0 fully saturated rings. The fourth-order valence-electron chi connectivity index (χ4n) is 0. The highest BCUT2D eigenvalue weighted by Gasteiger charge is 1.58. The standard InChI is InChI=1S/C3H9N.C2H7NO.2CH2O2/c1-4(2)3;3-1-2-4;2*2-1-3/h1-3H3;4H,1-3H2;2*1H,(H,2,3). The Morgan fingerprint density at radius 2 is 1.21 bits per heavy atom. The maximum atomic E-state index is 8.36. The number of nitrogens with two attached hydrogens (primary N) is 1. The van der Waals surface area contributed by atoms with E-state index in [0.29, 0.717) is 6.54 Å². The van der Waals surface area contributed by atoms with Crippen LogP contribution in [0.1, 0.15) is 0 Å². The van der Waals surface area contributed by atoms with Crippen molar-refractivity contribution < 1.29 is 24.9 Å². The second-order valence-electron chi connectivity index (χ2n) is 2.06. The summed E-state index contributed by atoms with van der Waals surface area (Å²) >= 11 is 0. The predicted octanol–water partition coefficient (Wildman–Crippen LogP) is -1.48. The Bertz CT molecular complexity index is 79.4. The van der Waals surface area contributed by atoms with Gasteiger partial charge in [-0.05, 0) is 21.1 Å². The molecule has 5 N–H and O–H groups in total. The molecule has 0 bridgehead atoms. The van der Waals surface area contributed by atoms with Gasteiger partial charge in [0.2, 0.25) is 0 Å². The van der Waals surface area contributed by atoms with Gasteiger partial charge in [0.25, 0.3) is 12.9 Å². The summed E-state index contributed by atoms with van der Waals surface area (Å²) < 4.78 is 0. The summed E-state index contributed by atoms with van der Waals surface area (Å²) in [5.41, 5.74) is 4.78. The Kier molecular flexibility index (Phi) is 67.2. The number of carboxylic acid groups (broad SMARTS) is 2. The van der Waals surface area contributed by atoms with E-state index in [0.717, 1.165) is 0 Å². The number of hydrogen-bond donors (Lipinski definition) is 4. The lowest BCUT2D eigenvalue weighted by atomic mass is 10.8. The van der Waals surface area contributed by atoms with Crippen molar-refractivity contribution in [2.45, 2.75) is 0 Å². The van der Waals surface area contributed by atoms with E-state index in [-0.39, 0.29) is 19.6 Å². The van der Waals surface area contributed by atoms with Gasteiger partial charge in [-0.1, -0.05) is 0 Å². The number of nitrogens with zero attached hydrogens (tertiary/aromatic N) is 1. The highest BCUT2D eigenvalue weighted by Crippen LogP contribution is 1.47. The summed E-state index contributed by atoms with van der Waals surface area (Å²) in [7, 11) is 6.00. The molecule has 0 atom stereocenters. The number of aliphatic hydroxyl groups is 1. The van der Waals surface area contributed by atoms with Crippen LogP contribution >= 0.6 is 0 Å². The van der Waals surface area contributed by atoms with Crippen molar-refractivity contribution in [3.8, 4) is 0 Å². The predicted molar refractivity (Wildman–Crippen MR) is 53.1 cm³/mol. The highest BCUT2D eigenvalue weighted by atomic mass is 16.3. The summed E-state index contributed by atoms with van der Waals surface area (Å²) in [6.07, 6.45) is 0. The van der Waals surface area contributed by atoms with Gasteiger partial charge in [-0.2, -0.15) is 0 Å². The molecule has 0 amide bonds. The zero-order valence-electron chi connectivity index (χ0n) is 8.75. The third-order valence-corrected chi connectivity index (χ3v) is 0.129. The smallest absolute Gasteiger partial charge is 0.290 e. The molecule has 14 heavy (non-hydrogen) atoms. The molecule has 88 valence electrons.